The highest BCUT2D eigenvalue weighted by molar-refractivity contribution is 5.77. The van der Waals surface area contributed by atoms with Crippen LogP contribution in [0.1, 0.15) is 5.56 Å². The second kappa shape index (κ2) is 7.04. The van der Waals surface area contributed by atoms with Crippen LogP contribution in [0, 0.1) is 5.39 Å². The van der Waals surface area contributed by atoms with Gasteiger partial charge in [-0.25, -0.2) is 4.79 Å². The van der Waals surface area contributed by atoms with Crippen LogP contribution in [0.4, 0.5) is 0 Å². The molecule has 1 N–H and O–H groups in total. The molecule has 1 aromatic carbocycles. The molecule has 6 nitrogen and oxygen atoms in total. The summed E-state index contributed by atoms with van der Waals surface area (Å²) < 4.78 is 9.71. The number of esters is 1. The Kier molecular flexibility index (Phi) is 5.35. The van der Waals surface area contributed by atoms with Crippen molar-refractivity contribution in [2.45, 2.75) is 12.7 Å². The molecule has 0 saturated carbocycles. The predicted molar refractivity (Wildman–Crippen MR) is 62.8 cm³/mol. The lowest BCUT2D eigenvalue weighted by Gasteiger charge is -2.12. The summed E-state index contributed by atoms with van der Waals surface area (Å²) in [6.07, 6.45) is -0.599. The van der Waals surface area contributed by atoms with Gasteiger partial charge in [-0.1, -0.05) is 30.3 Å². The Labute approximate surface area is 104 Å². The number of diazo groups is 1. The smallest absolute Gasteiger partial charge is 0.390 e. The van der Waals surface area contributed by atoms with Crippen molar-refractivity contribution >= 4 is 5.97 Å². The number of aliphatic hydroxyl groups excluding tert-OH is 1. The summed E-state index contributed by atoms with van der Waals surface area (Å²) in [5.74, 6) is -1.30. The van der Waals surface area contributed by atoms with Crippen LogP contribution in [0.25, 0.3) is 4.98 Å². The minimum atomic E-state index is -1.31. The summed E-state index contributed by atoms with van der Waals surface area (Å²) in [5.41, 5.74) is 0.833. The number of carbonyl (C=O) groups is 1. The van der Waals surface area contributed by atoms with Crippen LogP contribution in [0.2, 0.25) is 0 Å². The number of hydrogen-bond acceptors (Lipinski definition) is 5. The summed E-state index contributed by atoms with van der Waals surface area (Å²) in [7, 11) is 1.17. The van der Waals surface area contributed by atoms with E-state index in [1.54, 1.807) is 0 Å². The molecular weight excluding hydrogens is 236 g/mol. The molecule has 0 aliphatic heterocycles. The fourth-order valence-corrected chi connectivity index (χ4v) is 1.26. The standard InChI is InChI=1S/C12H12N2O4/c1-17-12(16)11(10(15)7-14-13)18-8-9-5-3-2-4-6-9/h2-7,11H,8H2,1H3/p+1/b10-7-. The lowest BCUT2D eigenvalue weighted by atomic mass is 10.2. The van der Waals surface area contributed by atoms with E-state index in [0.29, 0.717) is 6.20 Å². The molecule has 1 rings (SSSR count). The van der Waals surface area contributed by atoms with Gasteiger partial charge in [0.1, 0.15) is 0 Å². The molecule has 94 valence electrons. The van der Waals surface area contributed by atoms with Crippen LogP contribution >= 0.6 is 0 Å². The Balaban J connectivity index is 2.72. The van der Waals surface area contributed by atoms with Crippen molar-refractivity contribution in [2.75, 3.05) is 7.11 Å². The Morgan fingerprint density at radius 2 is 2.17 bits per heavy atom. The number of carbonyl (C=O) groups excluding carboxylic acids is 1. The first kappa shape index (κ1) is 13.7. The molecule has 0 spiro atoms. The number of rotatable bonds is 5. The summed E-state index contributed by atoms with van der Waals surface area (Å²) >= 11 is 0. The first-order valence-electron chi connectivity index (χ1n) is 5.15. The molecule has 18 heavy (non-hydrogen) atoms. The Morgan fingerprint density at radius 1 is 1.50 bits per heavy atom. The van der Waals surface area contributed by atoms with Crippen molar-refractivity contribution in [1.29, 1.82) is 5.39 Å². The summed E-state index contributed by atoms with van der Waals surface area (Å²) in [4.78, 5) is 14.0. The van der Waals surface area contributed by atoms with Crippen molar-refractivity contribution < 1.29 is 19.4 Å². The van der Waals surface area contributed by atoms with E-state index in [9.17, 15) is 9.90 Å². The topological polar surface area (TPSA) is 83.9 Å². The van der Waals surface area contributed by atoms with Gasteiger partial charge < -0.3 is 14.6 Å². The van der Waals surface area contributed by atoms with Crippen molar-refractivity contribution in [3.63, 3.8) is 0 Å². The highest BCUT2D eigenvalue weighted by Gasteiger charge is 2.27. The maximum atomic E-state index is 11.4. The zero-order valence-corrected chi connectivity index (χ0v) is 9.81. The summed E-state index contributed by atoms with van der Waals surface area (Å²) in [6.45, 7) is 0.115. The van der Waals surface area contributed by atoms with Crippen molar-refractivity contribution in [3.05, 3.63) is 52.8 Å². The van der Waals surface area contributed by atoms with Gasteiger partial charge >= 0.3 is 12.2 Å². The maximum Gasteiger partial charge on any atom is 0.390 e. The number of aliphatic hydroxyl groups is 1. The van der Waals surface area contributed by atoms with E-state index in [-0.39, 0.29) is 6.61 Å². The zero-order valence-electron chi connectivity index (χ0n) is 9.81. The third-order valence-corrected chi connectivity index (χ3v) is 2.13. The van der Waals surface area contributed by atoms with Crippen LogP contribution in [0.3, 0.4) is 0 Å². The third-order valence-electron chi connectivity index (χ3n) is 2.13. The highest BCUT2D eigenvalue weighted by atomic mass is 16.6. The second-order valence-corrected chi connectivity index (χ2v) is 3.37. The summed E-state index contributed by atoms with van der Waals surface area (Å²) in [6, 6.07) is 9.12. The number of methoxy groups -OCH3 is 1. The Bertz CT molecular complexity index is 465. The number of benzene rings is 1. The van der Waals surface area contributed by atoms with Gasteiger partial charge in [-0.05, 0) is 5.56 Å². The van der Waals surface area contributed by atoms with E-state index in [2.05, 4.69) is 9.71 Å². The molecule has 0 aliphatic rings. The molecule has 0 aliphatic carbocycles. The Morgan fingerprint density at radius 3 is 2.72 bits per heavy atom. The van der Waals surface area contributed by atoms with Gasteiger partial charge in [0.15, 0.2) is 4.98 Å². The molecule has 1 unspecified atom stereocenters. The molecular formula is C12H13N2O4+. The molecule has 0 heterocycles. The fraction of sp³-hybridized carbons (Fsp3) is 0.250. The molecule has 1 aromatic rings. The third kappa shape index (κ3) is 3.88. The lowest BCUT2D eigenvalue weighted by Crippen LogP contribution is -2.27. The van der Waals surface area contributed by atoms with E-state index in [1.807, 2.05) is 30.3 Å². The fourth-order valence-electron chi connectivity index (χ4n) is 1.26. The Hall–Kier alpha value is -2.39. The predicted octanol–water partition coefficient (Wildman–Crippen LogP) is 2.00. The molecule has 0 aromatic heterocycles. The minimum Gasteiger partial charge on any atom is -0.503 e. The van der Waals surface area contributed by atoms with Gasteiger partial charge in [-0.2, -0.15) is 0 Å². The normalized spacial score (nSPS) is 12.6. The van der Waals surface area contributed by atoms with Crippen LogP contribution in [-0.2, 0) is 20.9 Å². The largest absolute Gasteiger partial charge is 0.503 e. The average molecular weight is 249 g/mol. The SMILES string of the molecule is COC(=O)C(OCc1ccccc1)/C(O)=C/[N+]#N. The van der Waals surface area contributed by atoms with Crippen molar-refractivity contribution in [1.82, 2.24) is 0 Å². The van der Waals surface area contributed by atoms with E-state index in [4.69, 9.17) is 10.1 Å². The van der Waals surface area contributed by atoms with Gasteiger partial charge in [0.2, 0.25) is 17.3 Å². The molecule has 0 radical (unpaired) electrons. The average Bonchev–Trinajstić information content (AvgIpc) is 2.40. The lowest BCUT2D eigenvalue weighted by molar-refractivity contribution is -0.154. The van der Waals surface area contributed by atoms with Gasteiger partial charge in [0.05, 0.1) is 13.7 Å². The van der Waals surface area contributed by atoms with E-state index in [1.165, 1.54) is 7.11 Å². The molecule has 0 fully saturated rings. The van der Waals surface area contributed by atoms with Crippen LogP contribution in [-0.4, -0.2) is 24.3 Å². The quantitative estimate of drug-likeness (QED) is 0.490. The first-order valence-corrected chi connectivity index (χ1v) is 5.15. The van der Waals surface area contributed by atoms with Gasteiger partial charge in [-0.3, -0.25) is 0 Å². The number of ether oxygens (including phenoxy) is 2. The zero-order chi connectivity index (χ0) is 13.4. The molecule has 0 bridgehead atoms. The highest BCUT2D eigenvalue weighted by Crippen LogP contribution is 2.10. The minimum absolute atomic E-state index is 0.115. The van der Waals surface area contributed by atoms with Gasteiger partial charge in [0, 0.05) is 0 Å². The van der Waals surface area contributed by atoms with E-state index >= 15 is 0 Å². The molecule has 6 heteroatoms. The van der Waals surface area contributed by atoms with Crippen molar-refractivity contribution in [3.8, 4) is 0 Å². The maximum absolute atomic E-state index is 11.4. The van der Waals surface area contributed by atoms with E-state index < -0.39 is 17.8 Å². The summed E-state index contributed by atoms with van der Waals surface area (Å²) in [5, 5.41) is 17.8. The molecule has 1 atom stereocenters. The molecule has 0 saturated heterocycles. The van der Waals surface area contributed by atoms with Crippen molar-refractivity contribution in [2.24, 2.45) is 0 Å². The van der Waals surface area contributed by atoms with Gasteiger partial charge in [-0.15, -0.1) is 0 Å². The van der Waals surface area contributed by atoms with Gasteiger partial charge in [0.25, 0.3) is 0 Å². The van der Waals surface area contributed by atoms with Crippen LogP contribution in [0.5, 0.6) is 0 Å². The molecule has 0 amide bonds. The van der Waals surface area contributed by atoms with E-state index in [0.717, 1.165) is 5.56 Å². The first-order chi connectivity index (χ1) is 8.69. The monoisotopic (exact) mass is 249 g/mol. The van der Waals surface area contributed by atoms with Crippen LogP contribution < -0.4 is 0 Å². The second-order valence-electron chi connectivity index (χ2n) is 3.37. The number of hydrogen-bond donors (Lipinski definition) is 1. The number of nitrogens with zero attached hydrogens (tertiary/aromatic N) is 2. The van der Waals surface area contributed by atoms with Crippen LogP contribution in [0.15, 0.2) is 42.3 Å².